The molecule has 0 aliphatic heterocycles. The molecule has 1 aromatic carbocycles. The first-order valence-corrected chi connectivity index (χ1v) is 11.6. The molecule has 2 amide bonds. The number of thiophene rings is 1. The lowest BCUT2D eigenvalue weighted by molar-refractivity contribution is -0.121. The Balaban J connectivity index is 1.44. The molecule has 1 aliphatic carbocycles. The van der Waals surface area contributed by atoms with Crippen molar-refractivity contribution >= 4 is 33.2 Å². The Bertz CT molecular complexity index is 964. The molecular weight excluding hydrogens is 417 g/mol. The van der Waals surface area contributed by atoms with E-state index < -0.39 is 21.7 Å². The third-order valence-corrected chi connectivity index (χ3v) is 7.27. The lowest BCUT2D eigenvalue weighted by Gasteiger charge is -2.08. The fourth-order valence-corrected chi connectivity index (χ4v) is 5.21. The lowest BCUT2D eigenvalue weighted by atomic mass is 10.1. The molecule has 156 valence electrons. The molecule has 0 fully saturated rings. The minimum atomic E-state index is -3.83. The molecule has 1 aromatic heterocycles. The van der Waals surface area contributed by atoms with E-state index in [9.17, 15) is 22.4 Å². The third-order valence-electron chi connectivity index (χ3n) is 4.55. The summed E-state index contributed by atoms with van der Waals surface area (Å²) < 4.78 is 39.3. The smallest absolute Gasteiger partial charge is 0.273 e. The van der Waals surface area contributed by atoms with Gasteiger partial charge in [-0.05, 0) is 61.6 Å². The molecule has 1 heterocycles. The molecule has 0 unspecified atom stereocenters. The van der Waals surface area contributed by atoms with Crippen LogP contribution in [0.4, 0.5) is 4.39 Å². The standard InChI is InChI=1S/C19H22FN3O4S2/c20-14-6-8-15(9-7-14)29(26,27)21-11-10-18(24)22-23-19(25)17-12-13-4-2-1-3-5-16(13)28-17/h6-9,12,21H,1-5,10-11H2,(H,22,24)(H,23,25). The molecule has 0 spiro atoms. The van der Waals surface area contributed by atoms with Crippen LogP contribution in [0.3, 0.4) is 0 Å². The Morgan fingerprint density at radius 1 is 1.03 bits per heavy atom. The van der Waals surface area contributed by atoms with Crippen LogP contribution in [0.1, 0.15) is 45.8 Å². The van der Waals surface area contributed by atoms with Gasteiger partial charge in [0.05, 0.1) is 9.77 Å². The molecule has 0 atom stereocenters. The van der Waals surface area contributed by atoms with E-state index in [4.69, 9.17) is 0 Å². The van der Waals surface area contributed by atoms with Gasteiger partial charge in [0.1, 0.15) is 5.82 Å². The highest BCUT2D eigenvalue weighted by atomic mass is 32.2. The number of amides is 2. The molecule has 29 heavy (non-hydrogen) atoms. The van der Waals surface area contributed by atoms with Gasteiger partial charge in [0.25, 0.3) is 5.91 Å². The molecule has 0 radical (unpaired) electrons. The summed E-state index contributed by atoms with van der Waals surface area (Å²) in [6.45, 7) is -0.158. The van der Waals surface area contributed by atoms with Crippen molar-refractivity contribution in [2.75, 3.05) is 6.54 Å². The van der Waals surface area contributed by atoms with E-state index in [0.29, 0.717) is 4.88 Å². The Kier molecular flexibility index (Phi) is 6.99. The quantitative estimate of drug-likeness (QED) is 0.474. The molecule has 0 bridgehead atoms. The normalized spacial score (nSPS) is 14.0. The predicted octanol–water partition coefficient (Wildman–Crippen LogP) is 2.29. The number of halogens is 1. The maximum atomic E-state index is 12.9. The number of aryl methyl sites for hydroxylation is 2. The summed E-state index contributed by atoms with van der Waals surface area (Å²) in [6, 6.07) is 6.24. The summed E-state index contributed by atoms with van der Waals surface area (Å²) in [6.07, 6.45) is 5.23. The van der Waals surface area contributed by atoms with Crippen molar-refractivity contribution in [2.45, 2.75) is 43.4 Å². The molecule has 0 saturated heterocycles. The Labute approximate surface area is 172 Å². The Hall–Kier alpha value is -2.30. The number of fused-ring (bicyclic) bond motifs is 1. The van der Waals surface area contributed by atoms with Gasteiger partial charge in [-0.25, -0.2) is 17.5 Å². The van der Waals surface area contributed by atoms with Crippen molar-refractivity contribution in [3.63, 3.8) is 0 Å². The number of hydrogen-bond donors (Lipinski definition) is 3. The second-order valence-corrected chi connectivity index (χ2v) is 9.63. The van der Waals surface area contributed by atoms with E-state index >= 15 is 0 Å². The summed E-state index contributed by atoms with van der Waals surface area (Å²) in [5, 5.41) is 0. The topological polar surface area (TPSA) is 104 Å². The molecule has 7 nitrogen and oxygen atoms in total. The average molecular weight is 440 g/mol. The molecule has 10 heteroatoms. The van der Waals surface area contributed by atoms with Crippen molar-refractivity contribution in [3.8, 4) is 0 Å². The highest BCUT2D eigenvalue weighted by Crippen LogP contribution is 2.28. The summed E-state index contributed by atoms with van der Waals surface area (Å²) in [5.74, 6) is -1.46. The minimum Gasteiger partial charge on any atom is -0.273 e. The van der Waals surface area contributed by atoms with Crippen molar-refractivity contribution in [1.82, 2.24) is 15.6 Å². The number of carbonyl (C=O) groups is 2. The van der Waals surface area contributed by atoms with Crippen molar-refractivity contribution in [2.24, 2.45) is 0 Å². The van der Waals surface area contributed by atoms with Gasteiger partial charge in [0, 0.05) is 17.8 Å². The van der Waals surface area contributed by atoms with Crippen LogP contribution >= 0.6 is 11.3 Å². The summed E-state index contributed by atoms with van der Waals surface area (Å²) in [4.78, 5) is 25.8. The highest BCUT2D eigenvalue weighted by molar-refractivity contribution is 7.89. The number of hydrogen-bond acceptors (Lipinski definition) is 5. The molecule has 3 rings (SSSR count). The summed E-state index contributed by atoms with van der Waals surface area (Å²) in [5.41, 5.74) is 5.86. The second kappa shape index (κ2) is 9.47. The first kappa shape index (κ1) is 21.4. The molecular formula is C19H22FN3O4S2. The van der Waals surface area contributed by atoms with Crippen molar-refractivity contribution in [1.29, 1.82) is 0 Å². The first-order valence-electron chi connectivity index (χ1n) is 9.31. The fourth-order valence-electron chi connectivity index (χ4n) is 3.03. The Morgan fingerprint density at radius 3 is 2.52 bits per heavy atom. The van der Waals surface area contributed by atoms with Crippen LogP contribution < -0.4 is 15.6 Å². The van der Waals surface area contributed by atoms with E-state index in [-0.39, 0.29) is 23.8 Å². The van der Waals surface area contributed by atoms with E-state index in [1.165, 1.54) is 28.2 Å². The van der Waals surface area contributed by atoms with Gasteiger partial charge < -0.3 is 0 Å². The van der Waals surface area contributed by atoms with Gasteiger partial charge in [-0.3, -0.25) is 20.4 Å². The number of sulfonamides is 1. The van der Waals surface area contributed by atoms with E-state index in [1.54, 1.807) is 0 Å². The fraction of sp³-hybridized carbons (Fsp3) is 0.368. The number of benzene rings is 1. The highest BCUT2D eigenvalue weighted by Gasteiger charge is 2.17. The van der Waals surface area contributed by atoms with E-state index in [2.05, 4.69) is 15.6 Å². The zero-order valence-electron chi connectivity index (χ0n) is 15.7. The van der Waals surface area contributed by atoms with Gasteiger partial charge in [0.15, 0.2) is 0 Å². The summed E-state index contributed by atoms with van der Waals surface area (Å²) >= 11 is 1.45. The van der Waals surface area contributed by atoms with Crippen molar-refractivity contribution in [3.05, 3.63) is 51.5 Å². The van der Waals surface area contributed by atoms with Gasteiger partial charge in [-0.2, -0.15) is 0 Å². The Morgan fingerprint density at radius 2 is 1.76 bits per heavy atom. The number of nitrogens with one attached hydrogen (secondary N) is 3. The second-order valence-electron chi connectivity index (χ2n) is 6.72. The number of carbonyl (C=O) groups excluding carboxylic acids is 2. The molecule has 1 aliphatic rings. The van der Waals surface area contributed by atoms with Crippen LogP contribution in [0.15, 0.2) is 35.2 Å². The number of rotatable bonds is 6. The maximum absolute atomic E-state index is 12.9. The maximum Gasteiger partial charge on any atom is 0.279 e. The van der Waals surface area contributed by atoms with Gasteiger partial charge >= 0.3 is 0 Å². The van der Waals surface area contributed by atoms with Gasteiger partial charge in [-0.15, -0.1) is 11.3 Å². The minimum absolute atomic E-state index is 0.0925. The van der Waals surface area contributed by atoms with Gasteiger partial charge in [0.2, 0.25) is 15.9 Å². The summed E-state index contributed by atoms with van der Waals surface area (Å²) in [7, 11) is -3.83. The zero-order chi connectivity index (χ0) is 20.9. The van der Waals surface area contributed by atoms with E-state index in [0.717, 1.165) is 49.9 Å². The van der Waals surface area contributed by atoms with Crippen LogP contribution in [0.5, 0.6) is 0 Å². The first-order chi connectivity index (χ1) is 13.8. The lowest BCUT2D eigenvalue weighted by Crippen LogP contribution is -2.42. The van der Waals surface area contributed by atoms with Crippen LogP contribution in [0.2, 0.25) is 0 Å². The largest absolute Gasteiger partial charge is 0.279 e. The monoisotopic (exact) mass is 439 g/mol. The molecule has 2 aromatic rings. The SMILES string of the molecule is O=C(CCNS(=O)(=O)c1ccc(F)cc1)NNC(=O)c1cc2c(s1)CCCCC2. The zero-order valence-corrected chi connectivity index (χ0v) is 17.3. The van der Waals surface area contributed by atoms with Gasteiger partial charge in [-0.1, -0.05) is 6.42 Å². The van der Waals surface area contributed by atoms with Crippen LogP contribution in [-0.2, 0) is 27.7 Å². The van der Waals surface area contributed by atoms with Crippen molar-refractivity contribution < 1.29 is 22.4 Å². The predicted molar refractivity (Wildman–Crippen MR) is 107 cm³/mol. The third kappa shape index (κ3) is 5.84. The van der Waals surface area contributed by atoms with Crippen LogP contribution in [-0.4, -0.2) is 26.8 Å². The average Bonchev–Trinajstić information content (AvgIpc) is 2.97. The van der Waals surface area contributed by atoms with Crippen LogP contribution in [0, 0.1) is 5.82 Å². The van der Waals surface area contributed by atoms with E-state index in [1.807, 2.05) is 6.07 Å². The molecule has 3 N–H and O–H groups in total. The number of hydrazine groups is 1. The molecule has 0 saturated carbocycles. The van der Waals surface area contributed by atoms with Crippen LogP contribution in [0.25, 0.3) is 0 Å².